The fraction of sp³-hybridized carbons (Fsp3) is 0.536. The third-order valence-corrected chi connectivity index (χ3v) is 12.2. The van der Waals surface area contributed by atoms with Crippen LogP contribution in [0.1, 0.15) is 50.2 Å². The molecule has 0 saturated carbocycles. The SMILES string of the molecule is C=CCOC(=O)C(O)N1C(=O)[C@H]([C@@H](C)O[Si](C)(C)C(C)(C)C)[C@H]1CC(=O)c1cn(CCc2ccccc2)nn1. The lowest BCUT2D eigenvalue weighted by molar-refractivity contribution is -0.195. The van der Waals surface area contributed by atoms with Crippen LogP contribution in [0.2, 0.25) is 18.1 Å². The van der Waals surface area contributed by atoms with Crippen LogP contribution in [-0.2, 0) is 31.7 Å². The van der Waals surface area contributed by atoms with Gasteiger partial charge in [-0.05, 0) is 37.0 Å². The summed E-state index contributed by atoms with van der Waals surface area (Å²) in [5.41, 5.74) is 1.29. The van der Waals surface area contributed by atoms with Gasteiger partial charge < -0.3 is 19.2 Å². The van der Waals surface area contributed by atoms with Crippen LogP contribution < -0.4 is 0 Å². The molecule has 1 N–H and O–H groups in total. The van der Waals surface area contributed by atoms with E-state index in [1.807, 2.05) is 30.3 Å². The van der Waals surface area contributed by atoms with Crippen molar-refractivity contribution in [3.63, 3.8) is 0 Å². The number of carbonyl (C=O) groups excluding carboxylic acids is 3. The predicted octanol–water partition coefficient (Wildman–Crippen LogP) is 3.38. The fourth-order valence-electron chi connectivity index (χ4n) is 4.39. The second-order valence-corrected chi connectivity index (χ2v) is 16.2. The Bertz CT molecular complexity index is 1180. The first-order chi connectivity index (χ1) is 18.3. The van der Waals surface area contributed by atoms with Crippen LogP contribution in [0.4, 0.5) is 0 Å². The number of β-lactam (4-membered cyclic amide) rings is 1. The van der Waals surface area contributed by atoms with E-state index in [0.717, 1.165) is 16.9 Å². The fourth-order valence-corrected chi connectivity index (χ4v) is 5.82. The summed E-state index contributed by atoms with van der Waals surface area (Å²) in [6.07, 6.45) is 1.16. The Morgan fingerprint density at radius 1 is 1.23 bits per heavy atom. The van der Waals surface area contributed by atoms with E-state index in [1.54, 1.807) is 17.8 Å². The van der Waals surface area contributed by atoms with Gasteiger partial charge in [-0.1, -0.05) is 69.0 Å². The molecule has 212 valence electrons. The van der Waals surface area contributed by atoms with Gasteiger partial charge >= 0.3 is 5.97 Å². The molecule has 0 bridgehead atoms. The van der Waals surface area contributed by atoms with Gasteiger partial charge in [0.1, 0.15) is 12.3 Å². The molecule has 4 atom stereocenters. The lowest BCUT2D eigenvalue weighted by atomic mass is 9.80. The maximum Gasteiger partial charge on any atom is 0.356 e. The maximum absolute atomic E-state index is 13.3. The van der Waals surface area contributed by atoms with Crippen LogP contribution in [0.25, 0.3) is 0 Å². The maximum atomic E-state index is 13.3. The van der Waals surface area contributed by atoms with Gasteiger partial charge in [-0.25, -0.2) is 4.79 Å². The smallest absolute Gasteiger partial charge is 0.356 e. The van der Waals surface area contributed by atoms with Crippen molar-refractivity contribution in [1.29, 1.82) is 0 Å². The number of esters is 1. The van der Waals surface area contributed by atoms with Crippen molar-refractivity contribution in [3.05, 3.63) is 60.4 Å². The number of carbonyl (C=O) groups is 3. The first-order valence-corrected chi connectivity index (χ1v) is 16.1. The summed E-state index contributed by atoms with van der Waals surface area (Å²) in [4.78, 5) is 39.9. The van der Waals surface area contributed by atoms with Gasteiger partial charge in [-0.15, -0.1) is 5.10 Å². The highest BCUT2D eigenvalue weighted by Gasteiger charge is 2.56. The lowest BCUT2D eigenvalue weighted by Gasteiger charge is -2.52. The number of Topliss-reactive ketones (excluding diaryl/α,β-unsaturated/α-hetero) is 1. The van der Waals surface area contributed by atoms with Gasteiger partial charge in [-0.2, -0.15) is 0 Å². The van der Waals surface area contributed by atoms with Gasteiger partial charge in [0.2, 0.25) is 12.1 Å². The van der Waals surface area contributed by atoms with Gasteiger partial charge in [-0.3, -0.25) is 14.3 Å². The number of aromatic nitrogens is 3. The summed E-state index contributed by atoms with van der Waals surface area (Å²) in [5.74, 6) is -2.50. The van der Waals surface area contributed by atoms with Crippen molar-refractivity contribution in [2.75, 3.05) is 6.61 Å². The van der Waals surface area contributed by atoms with E-state index in [9.17, 15) is 19.5 Å². The number of likely N-dealkylation sites (tertiary alicyclic amines) is 1. The Hall–Kier alpha value is -3.15. The number of hydrogen-bond acceptors (Lipinski definition) is 8. The molecule has 1 aromatic heterocycles. The summed E-state index contributed by atoms with van der Waals surface area (Å²) in [7, 11) is -2.25. The molecule has 1 unspecified atom stereocenters. The van der Waals surface area contributed by atoms with E-state index in [4.69, 9.17) is 9.16 Å². The van der Waals surface area contributed by atoms with E-state index < -0.39 is 44.5 Å². The largest absolute Gasteiger partial charge is 0.458 e. The third kappa shape index (κ3) is 7.08. The number of rotatable bonds is 13. The van der Waals surface area contributed by atoms with Crippen LogP contribution in [0, 0.1) is 5.92 Å². The Balaban J connectivity index is 1.76. The van der Waals surface area contributed by atoms with E-state index in [0.29, 0.717) is 6.54 Å². The zero-order valence-corrected chi connectivity index (χ0v) is 24.7. The van der Waals surface area contributed by atoms with Gasteiger partial charge in [0.15, 0.2) is 14.1 Å². The normalized spacial score (nSPS) is 19.3. The first-order valence-electron chi connectivity index (χ1n) is 13.2. The van der Waals surface area contributed by atoms with Crippen LogP contribution in [-0.4, -0.2) is 76.0 Å². The minimum absolute atomic E-state index is 0.0919. The Morgan fingerprint density at radius 3 is 2.51 bits per heavy atom. The molecule has 1 aliphatic rings. The van der Waals surface area contributed by atoms with Crippen LogP contribution in [0.3, 0.4) is 0 Å². The van der Waals surface area contributed by atoms with Crippen molar-refractivity contribution in [2.24, 2.45) is 5.92 Å². The van der Waals surface area contributed by atoms with E-state index in [2.05, 4.69) is 50.8 Å². The quantitative estimate of drug-likeness (QED) is 0.131. The topological polar surface area (TPSA) is 124 Å². The molecule has 1 aromatic carbocycles. The van der Waals surface area contributed by atoms with Gasteiger partial charge in [0.05, 0.1) is 24.3 Å². The standard InChI is InChI=1S/C28H40N4O6Si/c1-8-16-37-27(36)26(35)32-22(24(25(32)34)19(2)38-39(6,7)28(3,4)5)17-23(33)21-18-31(30-29-21)15-14-20-12-10-9-11-13-20/h8-13,18-19,22,24,26,35H,1,14-17H2,2-7H3/t19-,22-,24-,26?/m1/s1. The number of benzene rings is 1. The second kappa shape index (κ2) is 12.4. The van der Waals surface area contributed by atoms with Crippen molar-refractivity contribution in [1.82, 2.24) is 19.9 Å². The van der Waals surface area contributed by atoms with Crippen LogP contribution >= 0.6 is 0 Å². The molecule has 39 heavy (non-hydrogen) atoms. The van der Waals surface area contributed by atoms with Gasteiger partial charge in [0.25, 0.3) is 0 Å². The molecule has 0 spiro atoms. The minimum atomic E-state index is -2.25. The minimum Gasteiger partial charge on any atom is -0.458 e. The van der Waals surface area contributed by atoms with Crippen molar-refractivity contribution >= 4 is 26.0 Å². The van der Waals surface area contributed by atoms with Gasteiger partial charge in [0, 0.05) is 13.0 Å². The Morgan fingerprint density at radius 2 is 1.90 bits per heavy atom. The number of aryl methyl sites for hydroxylation is 2. The molecule has 2 aromatic rings. The monoisotopic (exact) mass is 556 g/mol. The zero-order valence-electron chi connectivity index (χ0n) is 23.7. The molecule has 2 heterocycles. The lowest BCUT2D eigenvalue weighted by Crippen LogP contribution is -2.70. The van der Waals surface area contributed by atoms with E-state index in [1.165, 1.54) is 6.08 Å². The highest BCUT2D eigenvalue weighted by atomic mass is 28.4. The average Bonchev–Trinajstić information content (AvgIpc) is 3.34. The van der Waals surface area contributed by atoms with E-state index >= 15 is 0 Å². The molecular weight excluding hydrogens is 516 g/mol. The molecule has 0 aliphatic carbocycles. The number of amides is 1. The first kappa shape index (κ1) is 30.4. The zero-order chi connectivity index (χ0) is 29.0. The number of nitrogens with zero attached hydrogens (tertiary/aromatic N) is 4. The second-order valence-electron chi connectivity index (χ2n) is 11.4. The molecule has 1 aliphatic heterocycles. The summed E-state index contributed by atoms with van der Waals surface area (Å²) in [6, 6.07) is 9.14. The number of hydrogen-bond donors (Lipinski definition) is 1. The molecule has 3 rings (SSSR count). The van der Waals surface area contributed by atoms with Crippen molar-refractivity contribution in [2.45, 2.75) is 83.6 Å². The number of aliphatic hydroxyl groups is 1. The molecular formula is C28H40N4O6Si. The predicted molar refractivity (Wildman–Crippen MR) is 148 cm³/mol. The van der Waals surface area contributed by atoms with Crippen LogP contribution in [0.15, 0.2) is 49.2 Å². The number of ketones is 1. The molecule has 10 nitrogen and oxygen atoms in total. The number of ether oxygens (including phenoxy) is 1. The summed E-state index contributed by atoms with van der Waals surface area (Å²) in [6.45, 7) is 16.2. The van der Waals surface area contributed by atoms with E-state index in [-0.39, 0.29) is 29.5 Å². The molecule has 1 fully saturated rings. The summed E-state index contributed by atoms with van der Waals surface area (Å²) in [5, 5.41) is 18.7. The van der Waals surface area contributed by atoms with Crippen molar-refractivity contribution < 1.29 is 28.7 Å². The molecule has 11 heteroatoms. The average molecular weight is 557 g/mol. The molecule has 0 radical (unpaired) electrons. The molecule has 1 saturated heterocycles. The highest BCUT2D eigenvalue weighted by molar-refractivity contribution is 6.74. The Kier molecular flexibility index (Phi) is 9.63. The number of aliphatic hydroxyl groups excluding tert-OH is 1. The molecule has 1 amide bonds. The Labute approximate surface area is 231 Å². The van der Waals surface area contributed by atoms with Crippen LogP contribution in [0.5, 0.6) is 0 Å². The third-order valence-electron chi connectivity index (χ3n) is 7.61. The van der Waals surface area contributed by atoms with Crippen molar-refractivity contribution in [3.8, 4) is 0 Å². The summed E-state index contributed by atoms with van der Waals surface area (Å²) < 4.78 is 13.0. The summed E-state index contributed by atoms with van der Waals surface area (Å²) >= 11 is 0. The highest BCUT2D eigenvalue weighted by Crippen LogP contribution is 2.41.